The third-order valence-electron chi connectivity index (χ3n) is 15.9. The van der Waals surface area contributed by atoms with E-state index in [9.17, 15) is 19.8 Å². The minimum atomic E-state index is -0.854. The lowest BCUT2D eigenvalue weighted by atomic mass is 10.0. The van der Waals surface area contributed by atoms with Gasteiger partial charge in [0.15, 0.2) is 0 Å². The van der Waals surface area contributed by atoms with Crippen molar-refractivity contribution >= 4 is 11.9 Å². The van der Waals surface area contributed by atoms with Gasteiger partial charge in [-0.1, -0.05) is 314 Å². The number of amides is 1. The molecule has 448 valence electrons. The molecule has 0 aliphatic heterocycles. The predicted molar refractivity (Wildman–Crippen MR) is 333 cm³/mol. The zero-order valence-electron chi connectivity index (χ0n) is 51.3. The number of rotatable bonds is 64. The molecule has 76 heavy (non-hydrogen) atoms. The molecule has 0 spiro atoms. The summed E-state index contributed by atoms with van der Waals surface area (Å²) in [6.45, 7) is 4.91. The van der Waals surface area contributed by atoms with Crippen LogP contribution in [-0.2, 0) is 14.3 Å². The fraction of sp³-hybridized carbons (Fsp3) is 0.886. The highest BCUT2D eigenvalue weighted by atomic mass is 16.5. The van der Waals surface area contributed by atoms with Crippen LogP contribution in [-0.4, -0.2) is 47.4 Å². The number of aliphatic hydroxyl groups is 2. The topological polar surface area (TPSA) is 95.9 Å². The molecule has 0 fully saturated rings. The normalized spacial score (nSPS) is 12.7. The van der Waals surface area contributed by atoms with E-state index in [4.69, 9.17) is 4.74 Å². The molecule has 0 aromatic carbocycles. The summed E-state index contributed by atoms with van der Waals surface area (Å²) in [5.41, 5.74) is 0. The fourth-order valence-corrected chi connectivity index (χ4v) is 10.6. The van der Waals surface area contributed by atoms with Crippen LogP contribution in [0.25, 0.3) is 0 Å². The van der Waals surface area contributed by atoms with Gasteiger partial charge in [-0.25, -0.2) is 0 Å². The summed E-state index contributed by atoms with van der Waals surface area (Å²) >= 11 is 0. The molecule has 3 N–H and O–H groups in total. The molecule has 1 amide bonds. The molecule has 0 aliphatic rings. The summed E-state index contributed by atoms with van der Waals surface area (Å²) in [6.07, 6.45) is 83.4. The second kappa shape index (κ2) is 65.6. The van der Waals surface area contributed by atoms with Crippen LogP contribution in [0.15, 0.2) is 36.5 Å². The summed E-state index contributed by atoms with van der Waals surface area (Å²) in [4.78, 5) is 24.6. The van der Waals surface area contributed by atoms with E-state index in [-0.39, 0.29) is 18.5 Å². The number of unbranched alkanes of at least 4 members (excludes halogenated alkanes) is 49. The Kier molecular flexibility index (Phi) is 63.9. The fourth-order valence-electron chi connectivity index (χ4n) is 10.6. The Morgan fingerprint density at radius 2 is 0.618 bits per heavy atom. The third-order valence-corrected chi connectivity index (χ3v) is 15.9. The standard InChI is InChI=1S/C70H133NO5/c1-3-5-7-9-11-13-15-17-19-21-23-24-25-26-28-30-34-38-42-46-50-54-58-62-68(73)67(66-72)71-69(74)63-59-55-51-47-43-39-35-31-29-33-37-41-45-49-53-57-61-65-76-70(75)64-60-56-52-48-44-40-36-32-27-22-20-18-16-14-12-10-8-6-4-2/h18,20,29,33,58,62,67-68,72-73H,3-17,19,21-28,30-32,34-57,59-61,63-66H2,1-2H3,(H,71,74)/b20-18-,33-29-,62-58+. The quantitative estimate of drug-likeness (QED) is 0.0320. The molecular formula is C70H133NO5. The highest BCUT2D eigenvalue weighted by molar-refractivity contribution is 5.76. The van der Waals surface area contributed by atoms with Gasteiger partial charge in [-0.3, -0.25) is 9.59 Å². The average molecular weight is 1070 g/mol. The molecule has 0 heterocycles. The maximum atomic E-state index is 12.5. The number of carbonyl (C=O) groups is 2. The highest BCUT2D eigenvalue weighted by Crippen LogP contribution is 2.18. The number of nitrogens with one attached hydrogen (secondary N) is 1. The molecule has 0 aromatic heterocycles. The van der Waals surface area contributed by atoms with Crippen molar-refractivity contribution in [3.8, 4) is 0 Å². The smallest absolute Gasteiger partial charge is 0.305 e. The van der Waals surface area contributed by atoms with E-state index in [0.29, 0.717) is 19.4 Å². The Morgan fingerprint density at radius 1 is 0.355 bits per heavy atom. The van der Waals surface area contributed by atoms with E-state index in [1.54, 1.807) is 6.08 Å². The number of ether oxygens (including phenoxy) is 1. The van der Waals surface area contributed by atoms with Gasteiger partial charge in [0.25, 0.3) is 0 Å². The molecule has 0 saturated carbocycles. The van der Waals surface area contributed by atoms with E-state index in [2.05, 4.69) is 43.5 Å². The van der Waals surface area contributed by atoms with Gasteiger partial charge >= 0.3 is 5.97 Å². The molecule has 6 nitrogen and oxygen atoms in total. The van der Waals surface area contributed by atoms with Crippen LogP contribution < -0.4 is 5.32 Å². The van der Waals surface area contributed by atoms with Crippen molar-refractivity contribution in [1.29, 1.82) is 0 Å². The minimum absolute atomic E-state index is 0.00248. The van der Waals surface area contributed by atoms with E-state index in [1.807, 2.05) is 6.08 Å². The van der Waals surface area contributed by atoms with Crippen molar-refractivity contribution in [3.63, 3.8) is 0 Å². The van der Waals surface area contributed by atoms with Crippen LogP contribution in [0.5, 0.6) is 0 Å². The summed E-state index contributed by atoms with van der Waals surface area (Å²) in [5.74, 6) is -0.0791. The first-order chi connectivity index (χ1) is 37.5. The minimum Gasteiger partial charge on any atom is -0.466 e. The molecule has 0 bridgehead atoms. The lowest BCUT2D eigenvalue weighted by Gasteiger charge is -2.20. The number of allylic oxidation sites excluding steroid dienone is 5. The number of aliphatic hydroxyl groups excluding tert-OH is 2. The van der Waals surface area contributed by atoms with Gasteiger partial charge in [-0.15, -0.1) is 0 Å². The first-order valence-electron chi connectivity index (χ1n) is 34.3. The molecule has 2 unspecified atom stereocenters. The summed E-state index contributed by atoms with van der Waals surface area (Å²) in [7, 11) is 0. The van der Waals surface area contributed by atoms with E-state index in [0.717, 1.165) is 57.8 Å². The van der Waals surface area contributed by atoms with Gasteiger partial charge in [0.05, 0.1) is 25.4 Å². The molecule has 0 aromatic rings. The molecule has 2 atom stereocenters. The zero-order chi connectivity index (χ0) is 55.0. The van der Waals surface area contributed by atoms with Crippen molar-refractivity contribution in [2.45, 2.75) is 386 Å². The number of carbonyl (C=O) groups excluding carboxylic acids is 2. The lowest BCUT2D eigenvalue weighted by molar-refractivity contribution is -0.143. The lowest BCUT2D eigenvalue weighted by Crippen LogP contribution is -2.45. The monoisotopic (exact) mass is 1070 g/mol. The van der Waals surface area contributed by atoms with E-state index >= 15 is 0 Å². The van der Waals surface area contributed by atoms with E-state index < -0.39 is 12.1 Å². The van der Waals surface area contributed by atoms with Gasteiger partial charge in [-0.05, 0) is 83.5 Å². The van der Waals surface area contributed by atoms with Crippen LogP contribution in [0.1, 0.15) is 373 Å². The second-order valence-electron chi connectivity index (χ2n) is 23.5. The SMILES string of the molecule is CCCCCCCC/C=C\CCCCCCCCCCCC(=O)OCCCCCCCC/C=C\CCCCCCCCCC(=O)NC(CO)C(O)/C=C/CCCCCCCCCCCCCCCCCCCCCCC. The molecule has 0 radical (unpaired) electrons. The summed E-state index contributed by atoms with van der Waals surface area (Å²) in [5, 5.41) is 23.2. The number of esters is 1. The molecule has 0 rings (SSSR count). The molecule has 0 saturated heterocycles. The Hall–Kier alpha value is -1.92. The Morgan fingerprint density at radius 3 is 0.934 bits per heavy atom. The average Bonchev–Trinajstić information content (AvgIpc) is 3.42. The van der Waals surface area contributed by atoms with Crippen LogP contribution in [0.3, 0.4) is 0 Å². The maximum Gasteiger partial charge on any atom is 0.305 e. The van der Waals surface area contributed by atoms with Crippen LogP contribution in [0, 0.1) is 0 Å². The first kappa shape index (κ1) is 74.1. The third kappa shape index (κ3) is 61.3. The van der Waals surface area contributed by atoms with E-state index in [1.165, 1.54) is 289 Å². The van der Waals surface area contributed by atoms with Crippen LogP contribution in [0.2, 0.25) is 0 Å². The Balaban J connectivity index is 3.46. The van der Waals surface area contributed by atoms with Crippen LogP contribution >= 0.6 is 0 Å². The summed E-state index contributed by atoms with van der Waals surface area (Å²) in [6, 6.07) is -0.639. The number of hydrogen-bond acceptors (Lipinski definition) is 5. The van der Waals surface area contributed by atoms with Crippen molar-refractivity contribution in [3.05, 3.63) is 36.5 Å². The van der Waals surface area contributed by atoms with Crippen molar-refractivity contribution in [2.75, 3.05) is 13.2 Å². The molecular weight excluding hydrogens is 935 g/mol. The summed E-state index contributed by atoms with van der Waals surface area (Å²) < 4.78 is 5.49. The molecule has 6 heteroatoms. The van der Waals surface area contributed by atoms with Crippen molar-refractivity contribution in [1.82, 2.24) is 5.32 Å². The Labute approximate surface area is 474 Å². The van der Waals surface area contributed by atoms with Crippen LogP contribution in [0.4, 0.5) is 0 Å². The zero-order valence-corrected chi connectivity index (χ0v) is 51.3. The van der Waals surface area contributed by atoms with Gasteiger partial charge < -0.3 is 20.3 Å². The van der Waals surface area contributed by atoms with Gasteiger partial charge in [0, 0.05) is 12.8 Å². The Bertz CT molecular complexity index is 1230. The second-order valence-corrected chi connectivity index (χ2v) is 23.5. The number of hydrogen-bond donors (Lipinski definition) is 3. The largest absolute Gasteiger partial charge is 0.466 e. The first-order valence-corrected chi connectivity index (χ1v) is 34.3. The van der Waals surface area contributed by atoms with Gasteiger partial charge in [-0.2, -0.15) is 0 Å². The maximum absolute atomic E-state index is 12.5. The van der Waals surface area contributed by atoms with Gasteiger partial charge in [0.1, 0.15) is 0 Å². The van der Waals surface area contributed by atoms with Crippen molar-refractivity contribution in [2.24, 2.45) is 0 Å². The van der Waals surface area contributed by atoms with Gasteiger partial charge in [0.2, 0.25) is 5.91 Å². The molecule has 0 aliphatic carbocycles. The predicted octanol–water partition coefficient (Wildman–Crippen LogP) is 21.9. The highest BCUT2D eigenvalue weighted by Gasteiger charge is 2.18. The van der Waals surface area contributed by atoms with Crippen molar-refractivity contribution < 1.29 is 24.5 Å².